The van der Waals surface area contributed by atoms with Crippen LogP contribution in [0.3, 0.4) is 0 Å². The van der Waals surface area contributed by atoms with Gasteiger partial charge in [-0.25, -0.2) is 9.97 Å². The third kappa shape index (κ3) is 3.73. The molecule has 4 nitrogen and oxygen atoms in total. The molecule has 0 aliphatic carbocycles. The number of hydrogen-bond donors (Lipinski definition) is 1. The van der Waals surface area contributed by atoms with Gasteiger partial charge in [-0.3, -0.25) is 0 Å². The zero-order valence-corrected chi connectivity index (χ0v) is 14.2. The molecule has 2 heterocycles. The summed E-state index contributed by atoms with van der Waals surface area (Å²) in [6, 6.07) is 0. The van der Waals surface area contributed by atoms with Crippen molar-refractivity contribution in [2.24, 2.45) is 17.1 Å². The number of anilines is 1. The first-order valence-electron chi connectivity index (χ1n) is 8.13. The highest BCUT2D eigenvalue weighted by Crippen LogP contribution is 2.36. The molecule has 0 aromatic carbocycles. The third-order valence-electron chi connectivity index (χ3n) is 4.63. The Labute approximate surface area is 129 Å². The van der Waals surface area contributed by atoms with Crippen LogP contribution in [0.15, 0.2) is 6.20 Å². The highest BCUT2D eigenvalue weighted by atomic mass is 15.2. The van der Waals surface area contributed by atoms with Gasteiger partial charge in [-0.1, -0.05) is 34.6 Å². The van der Waals surface area contributed by atoms with Crippen LogP contribution in [0.1, 0.15) is 64.9 Å². The molecule has 1 saturated heterocycles. The summed E-state index contributed by atoms with van der Waals surface area (Å²) in [5.41, 5.74) is 8.43. The third-order valence-corrected chi connectivity index (χ3v) is 4.63. The Kier molecular flexibility index (Phi) is 4.87. The lowest BCUT2D eigenvalue weighted by Gasteiger charge is -2.40. The highest BCUT2D eigenvalue weighted by molar-refractivity contribution is 5.49. The number of nitrogens with zero attached hydrogens (tertiary/aromatic N) is 3. The van der Waals surface area contributed by atoms with E-state index in [2.05, 4.69) is 49.5 Å². The summed E-state index contributed by atoms with van der Waals surface area (Å²) in [5.74, 6) is 2.03. The lowest BCUT2D eigenvalue weighted by Crippen LogP contribution is -2.38. The smallest absolute Gasteiger partial charge is 0.131 e. The fraction of sp³-hybridized carbons (Fsp3) is 0.765. The Bertz CT molecular complexity index is 468. The fourth-order valence-electron chi connectivity index (χ4n) is 3.11. The molecule has 4 heteroatoms. The van der Waals surface area contributed by atoms with Crippen molar-refractivity contribution in [2.75, 3.05) is 18.0 Å². The maximum Gasteiger partial charge on any atom is 0.131 e. The van der Waals surface area contributed by atoms with Gasteiger partial charge in [0.15, 0.2) is 0 Å². The first kappa shape index (κ1) is 16.2. The Morgan fingerprint density at radius 2 is 1.90 bits per heavy atom. The van der Waals surface area contributed by atoms with E-state index in [0.717, 1.165) is 36.2 Å². The lowest BCUT2D eigenvalue weighted by atomic mass is 9.75. The van der Waals surface area contributed by atoms with Gasteiger partial charge >= 0.3 is 0 Å². The van der Waals surface area contributed by atoms with E-state index < -0.39 is 0 Å². The first-order valence-corrected chi connectivity index (χ1v) is 8.13. The van der Waals surface area contributed by atoms with E-state index in [0.29, 0.717) is 17.9 Å². The molecule has 2 N–H and O–H groups in total. The second-order valence-electron chi connectivity index (χ2n) is 7.55. The van der Waals surface area contributed by atoms with Crippen LogP contribution < -0.4 is 10.6 Å². The summed E-state index contributed by atoms with van der Waals surface area (Å²) in [4.78, 5) is 11.6. The van der Waals surface area contributed by atoms with Crippen molar-refractivity contribution in [1.82, 2.24) is 9.97 Å². The maximum absolute atomic E-state index is 5.91. The summed E-state index contributed by atoms with van der Waals surface area (Å²) in [5, 5.41) is 0. The van der Waals surface area contributed by atoms with Crippen LogP contribution in [0.4, 0.5) is 5.69 Å². The molecule has 0 spiro atoms. The molecule has 0 saturated carbocycles. The molecular formula is C17H30N4. The Morgan fingerprint density at radius 1 is 1.29 bits per heavy atom. The van der Waals surface area contributed by atoms with Gasteiger partial charge in [-0.15, -0.1) is 0 Å². The average Bonchev–Trinajstić information content (AvgIpc) is 2.45. The van der Waals surface area contributed by atoms with E-state index in [1.165, 1.54) is 12.8 Å². The Morgan fingerprint density at radius 3 is 2.38 bits per heavy atom. The Hall–Kier alpha value is -1.16. The standard InChI is InChI=1S/C17H30N4/c1-12(2)16-19-11-15(14(10-18)20-16)21-8-6-13(7-9-21)17(3,4)5/h11-13H,6-10,18H2,1-5H3. The minimum Gasteiger partial charge on any atom is -0.369 e. The van der Waals surface area contributed by atoms with Crippen molar-refractivity contribution in [3.8, 4) is 0 Å². The molecule has 1 fully saturated rings. The molecule has 1 aromatic heterocycles. The molecule has 118 valence electrons. The summed E-state index contributed by atoms with van der Waals surface area (Å²) in [7, 11) is 0. The quantitative estimate of drug-likeness (QED) is 0.928. The largest absolute Gasteiger partial charge is 0.369 e. The summed E-state index contributed by atoms with van der Waals surface area (Å²) >= 11 is 0. The number of rotatable bonds is 3. The van der Waals surface area contributed by atoms with Crippen LogP contribution in [-0.2, 0) is 6.54 Å². The number of nitrogens with two attached hydrogens (primary N) is 1. The molecule has 0 bridgehead atoms. The van der Waals surface area contributed by atoms with E-state index in [4.69, 9.17) is 5.73 Å². The predicted molar refractivity (Wildman–Crippen MR) is 88.4 cm³/mol. The van der Waals surface area contributed by atoms with E-state index in [1.807, 2.05) is 6.20 Å². The molecule has 2 rings (SSSR count). The van der Waals surface area contributed by atoms with Gasteiger partial charge in [-0.05, 0) is 24.2 Å². The summed E-state index contributed by atoms with van der Waals surface area (Å²) in [6.07, 6.45) is 4.45. The summed E-state index contributed by atoms with van der Waals surface area (Å²) in [6.45, 7) is 13.9. The lowest BCUT2D eigenvalue weighted by molar-refractivity contribution is 0.199. The van der Waals surface area contributed by atoms with Gasteiger partial charge in [-0.2, -0.15) is 0 Å². The number of aromatic nitrogens is 2. The molecule has 1 aromatic rings. The normalized spacial score (nSPS) is 17.6. The van der Waals surface area contributed by atoms with Crippen molar-refractivity contribution < 1.29 is 0 Å². The van der Waals surface area contributed by atoms with Gasteiger partial charge in [0.2, 0.25) is 0 Å². The minimum atomic E-state index is 0.343. The predicted octanol–water partition coefficient (Wildman–Crippen LogP) is 3.32. The van der Waals surface area contributed by atoms with Gasteiger partial charge in [0.25, 0.3) is 0 Å². The summed E-state index contributed by atoms with van der Waals surface area (Å²) < 4.78 is 0. The van der Waals surface area contributed by atoms with Crippen LogP contribution in [0.25, 0.3) is 0 Å². The number of hydrogen-bond acceptors (Lipinski definition) is 4. The van der Waals surface area contributed by atoms with E-state index >= 15 is 0 Å². The topological polar surface area (TPSA) is 55.0 Å². The molecule has 1 aliphatic rings. The van der Waals surface area contributed by atoms with Crippen LogP contribution >= 0.6 is 0 Å². The molecule has 0 amide bonds. The van der Waals surface area contributed by atoms with Crippen molar-refractivity contribution in [3.63, 3.8) is 0 Å². The molecule has 1 aliphatic heterocycles. The van der Waals surface area contributed by atoms with E-state index in [-0.39, 0.29) is 0 Å². The maximum atomic E-state index is 5.91. The van der Waals surface area contributed by atoms with Gasteiger partial charge < -0.3 is 10.6 Å². The van der Waals surface area contributed by atoms with Crippen molar-refractivity contribution in [2.45, 2.75) is 59.9 Å². The molecule has 21 heavy (non-hydrogen) atoms. The fourth-order valence-corrected chi connectivity index (χ4v) is 3.11. The average molecular weight is 290 g/mol. The molecule has 0 unspecified atom stereocenters. The zero-order chi connectivity index (χ0) is 15.6. The van der Waals surface area contributed by atoms with E-state index in [9.17, 15) is 0 Å². The van der Waals surface area contributed by atoms with Crippen LogP contribution in [0, 0.1) is 11.3 Å². The molecular weight excluding hydrogens is 260 g/mol. The second-order valence-corrected chi connectivity index (χ2v) is 7.55. The van der Waals surface area contributed by atoms with Crippen molar-refractivity contribution in [1.29, 1.82) is 0 Å². The zero-order valence-electron chi connectivity index (χ0n) is 14.2. The van der Waals surface area contributed by atoms with Crippen LogP contribution in [-0.4, -0.2) is 23.1 Å². The van der Waals surface area contributed by atoms with Crippen LogP contribution in [0.2, 0.25) is 0 Å². The van der Waals surface area contributed by atoms with E-state index in [1.54, 1.807) is 0 Å². The van der Waals surface area contributed by atoms with Gasteiger partial charge in [0.1, 0.15) is 5.82 Å². The van der Waals surface area contributed by atoms with Crippen molar-refractivity contribution in [3.05, 3.63) is 17.7 Å². The Balaban J connectivity index is 2.13. The second kappa shape index (κ2) is 6.30. The molecule has 0 atom stereocenters. The SMILES string of the molecule is CC(C)c1ncc(N2CCC(C(C)(C)C)CC2)c(CN)n1. The number of piperidine rings is 1. The highest BCUT2D eigenvalue weighted by Gasteiger charge is 2.29. The van der Waals surface area contributed by atoms with Gasteiger partial charge in [0, 0.05) is 25.6 Å². The first-order chi connectivity index (χ1) is 9.82. The molecule has 0 radical (unpaired) electrons. The van der Waals surface area contributed by atoms with Crippen LogP contribution in [0.5, 0.6) is 0 Å². The minimum absolute atomic E-state index is 0.343. The van der Waals surface area contributed by atoms with Gasteiger partial charge in [0.05, 0.1) is 17.6 Å². The van der Waals surface area contributed by atoms with Crippen molar-refractivity contribution >= 4 is 5.69 Å². The monoisotopic (exact) mass is 290 g/mol.